The van der Waals surface area contributed by atoms with E-state index in [1.165, 1.54) is 11.3 Å². The molecule has 18 heavy (non-hydrogen) atoms. The molecule has 1 saturated carbocycles. The van der Waals surface area contributed by atoms with Crippen LogP contribution in [0.3, 0.4) is 0 Å². The van der Waals surface area contributed by atoms with Crippen LogP contribution in [0, 0.1) is 5.92 Å². The SMILES string of the molecule is Nc1nc(NCCNC(=O)O)sc1C(=O)C1CC1. The Morgan fingerprint density at radius 2 is 2.17 bits per heavy atom. The lowest BCUT2D eigenvalue weighted by atomic mass is 10.2. The number of nitrogens with one attached hydrogen (secondary N) is 2. The van der Waals surface area contributed by atoms with Gasteiger partial charge in [-0.15, -0.1) is 0 Å². The average Bonchev–Trinajstić information content (AvgIpc) is 3.08. The molecule has 8 heteroatoms. The van der Waals surface area contributed by atoms with Gasteiger partial charge in [0.05, 0.1) is 0 Å². The van der Waals surface area contributed by atoms with Gasteiger partial charge in [-0.3, -0.25) is 4.79 Å². The quantitative estimate of drug-likeness (QED) is 0.452. The van der Waals surface area contributed by atoms with E-state index in [1.54, 1.807) is 0 Å². The van der Waals surface area contributed by atoms with E-state index in [9.17, 15) is 9.59 Å². The van der Waals surface area contributed by atoms with Gasteiger partial charge < -0.3 is 21.5 Å². The Morgan fingerprint density at radius 1 is 1.44 bits per heavy atom. The topological polar surface area (TPSA) is 117 Å². The number of hydrogen-bond acceptors (Lipinski definition) is 6. The molecule has 1 aliphatic carbocycles. The zero-order chi connectivity index (χ0) is 13.1. The molecule has 0 aliphatic heterocycles. The second-order valence-electron chi connectivity index (χ2n) is 4.03. The molecule has 1 aliphatic rings. The summed E-state index contributed by atoms with van der Waals surface area (Å²) in [7, 11) is 0. The lowest BCUT2D eigenvalue weighted by Crippen LogP contribution is -2.26. The van der Waals surface area contributed by atoms with Gasteiger partial charge in [-0.2, -0.15) is 0 Å². The van der Waals surface area contributed by atoms with E-state index in [0.717, 1.165) is 12.8 Å². The molecular weight excluding hydrogens is 256 g/mol. The fraction of sp³-hybridized carbons (Fsp3) is 0.500. The summed E-state index contributed by atoms with van der Waals surface area (Å²) in [6.45, 7) is 0.664. The van der Waals surface area contributed by atoms with E-state index < -0.39 is 6.09 Å². The monoisotopic (exact) mass is 270 g/mol. The number of nitrogen functional groups attached to an aromatic ring is 1. The number of ketones is 1. The van der Waals surface area contributed by atoms with E-state index in [2.05, 4.69) is 15.6 Å². The van der Waals surface area contributed by atoms with Gasteiger partial charge in [0, 0.05) is 19.0 Å². The molecule has 7 nitrogen and oxygen atoms in total. The highest BCUT2D eigenvalue weighted by atomic mass is 32.1. The predicted molar refractivity (Wildman–Crippen MR) is 68.1 cm³/mol. The van der Waals surface area contributed by atoms with E-state index in [4.69, 9.17) is 10.8 Å². The summed E-state index contributed by atoms with van der Waals surface area (Å²) in [6, 6.07) is 0. The zero-order valence-electron chi connectivity index (χ0n) is 9.60. The van der Waals surface area contributed by atoms with Crippen molar-refractivity contribution in [2.45, 2.75) is 12.8 Å². The van der Waals surface area contributed by atoms with Gasteiger partial charge in [0.25, 0.3) is 0 Å². The van der Waals surface area contributed by atoms with Gasteiger partial charge in [-0.05, 0) is 12.8 Å². The van der Waals surface area contributed by atoms with E-state index in [0.29, 0.717) is 16.6 Å². The predicted octanol–water partition coefficient (Wildman–Crippen LogP) is 0.997. The van der Waals surface area contributed by atoms with Crippen molar-refractivity contribution in [3.63, 3.8) is 0 Å². The number of thiazole rings is 1. The van der Waals surface area contributed by atoms with Crippen molar-refractivity contribution in [3.05, 3.63) is 4.88 Å². The van der Waals surface area contributed by atoms with Gasteiger partial charge in [-0.1, -0.05) is 11.3 Å². The molecule has 5 N–H and O–H groups in total. The minimum absolute atomic E-state index is 0.0710. The smallest absolute Gasteiger partial charge is 0.404 e. The maximum absolute atomic E-state index is 11.8. The molecule has 1 amide bonds. The zero-order valence-corrected chi connectivity index (χ0v) is 10.4. The number of carboxylic acid groups (broad SMARTS) is 1. The van der Waals surface area contributed by atoms with Crippen molar-refractivity contribution in [2.75, 3.05) is 24.1 Å². The number of carbonyl (C=O) groups excluding carboxylic acids is 1. The summed E-state index contributed by atoms with van der Waals surface area (Å²) >= 11 is 1.22. The lowest BCUT2D eigenvalue weighted by molar-refractivity contribution is 0.0972. The second kappa shape index (κ2) is 5.21. The average molecular weight is 270 g/mol. The number of anilines is 2. The Balaban J connectivity index is 1.88. The van der Waals surface area contributed by atoms with Gasteiger partial charge in [0.2, 0.25) is 0 Å². The Labute approximate surface area is 107 Å². The van der Waals surface area contributed by atoms with Crippen molar-refractivity contribution in [1.29, 1.82) is 0 Å². The highest BCUT2D eigenvalue weighted by Gasteiger charge is 2.33. The van der Waals surface area contributed by atoms with Crippen molar-refractivity contribution in [1.82, 2.24) is 10.3 Å². The summed E-state index contributed by atoms with van der Waals surface area (Å²) in [5.41, 5.74) is 5.69. The first-order valence-electron chi connectivity index (χ1n) is 5.59. The molecule has 0 spiro atoms. The molecule has 2 rings (SSSR count). The first-order valence-corrected chi connectivity index (χ1v) is 6.40. The van der Waals surface area contributed by atoms with Crippen molar-refractivity contribution in [2.24, 2.45) is 5.92 Å². The molecule has 1 fully saturated rings. The molecule has 0 saturated heterocycles. The lowest BCUT2D eigenvalue weighted by Gasteiger charge is -2.01. The fourth-order valence-corrected chi connectivity index (χ4v) is 2.38. The molecule has 1 aromatic rings. The number of Topliss-reactive ketones (excluding diaryl/α,β-unsaturated/α-hetero) is 1. The van der Waals surface area contributed by atoms with Gasteiger partial charge >= 0.3 is 6.09 Å². The highest BCUT2D eigenvalue weighted by Crippen LogP contribution is 2.37. The number of rotatable bonds is 6. The van der Waals surface area contributed by atoms with Crippen LogP contribution in [0.5, 0.6) is 0 Å². The van der Waals surface area contributed by atoms with E-state index in [1.807, 2.05) is 0 Å². The fourth-order valence-electron chi connectivity index (χ4n) is 1.45. The molecule has 1 aromatic heterocycles. The van der Waals surface area contributed by atoms with Crippen LogP contribution in [-0.4, -0.2) is 35.1 Å². The first kappa shape index (κ1) is 12.6. The van der Waals surface area contributed by atoms with E-state index in [-0.39, 0.29) is 24.1 Å². The highest BCUT2D eigenvalue weighted by molar-refractivity contribution is 7.18. The maximum Gasteiger partial charge on any atom is 0.404 e. The van der Waals surface area contributed by atoms with Gasteiger partial charge in [0.1, 0.15) is 10.7 Å². The Hall–Kier alpha value is -1.83. The minimum Gasteiger partial charge on any atom is -0.465 e. The Bertz CT molecular complexity index is 470. The van der Waals surface area contributed by atoms with Crippen LogP contribution >= 0.6 is 11.3 Å². The van der Waals surface area contributed by atoms with Crippen LogP contribution < -0.4 is 16.4 Å². The third-order valence-electron chi connectivity index (χ3n) is 2.50. The van der Waals surface area contributed by atoms with Gasteiger partial charge in [-0.25, -0.2) is 9.78 Å². The van der Waals surface area contributed by atoms with Crippen LogP contribution in [0.1, 0.15) is 22.5 Å². The largest absolute Gasteiger partial charge is 0.465 e. The summed E-state index contributed by atoms with van der Waals surface area (Å²) in [5, 5.41) is 14.1. The van der Waals surface area contributed by atoms with Crippen LogP contribution in [0.25, 0.3) is 0 Å². The minimum atomic E-state index is -1.07. The van der Waals surface area contributed by atoms with Crippen LogP contribution in [-0.2, 0) is 0 Å². The van der Waals surface area contributed by atoms with Crippen LogP contribution in [0.4, 0.5) is 15.7 Å². The number of amides is 1. The molecular formula is C10H14N4O3S. The second-order valence-corrected chi connectivity index (χ2v) is 5.03. The summed E-state index contributed by atoms with van der Waals surface area (Å²) in [5.74, 6) is 0.446. The van der Waals surface area contributed by atoms with E-state index >= 15 is 0 Å². The summed E-state index contributed by atoms with van der Waals surface area (Å²) in [6.07, 6.45) is 0.795. The standard InChI is InChI=1S/C10H14N4O3S/c11-8-7(6(15)5-1-2-5)18-9(14-8)12-3-4-13-10(16)17/h5,13H,1-4,11H2,(H,12,14)(H,16,17). The van der Waals surface area contributed by atoms with Crippen LogP contribution in [0.15, 0.2) is 0 Å². The normalized spacial score (nSPS) is 14.2. The van der Waals surface area contributed by atoms with Crippen molar-refractivity contribution >= 4 is 34.2 Å². The van der Waals surface area contributed by atoms with Gasteiger partial charge in [0.15, 0.2) is 10.9 Å². The number of nitrogens with two attached hydrogens (primary N) is 1. The third kappa shape index (κ3) is 3.10. The molecule has 0 radical (unpaired) electrons. The third-order valence-corrected chi connectivity index (χ3v) is 3.55. The molecule has 0 bridgehead atoms. The molecule has 98 valence electrons. The molecule has 1 heterocycles. The van der Waals surface area contributed by atoms with Crippen molar-refractivity contribution in [3.8, 4) is 0 Å². The van der Waals surface area contributed by atoms with Crippen molar-refractivity contribution < 1.29 is 14.7 Å². The molecule has 0 atom stereocenters. The first-order chi connectivity index (χ1) is 8.58. The Kier molecular flexibility index (Phi) is 3.66. The summed E-state index contributed by atoms with van der Waals surface area (Å²) < 4.78 is 0. The molecule has 0 unspecified atom stereocenters. The number of aromatic nitrogens is 1. The Morgan fingerprint density at radius 3 is 2.78 bits per heavy atom. The summed E-state index contributed by atoms with van der Waals surface area (Å²) in [4.78, 5) is 26.6. The number of nitrogens with zero attached hydrogens (tertiary/aromatic N) is 1. The molecule has 0 aromatic carbocycles. The maximum atomic E-state index is 11.8. The van der Waals surface area contributed by atoms with Crippen LogP contribution in [0.2, 0.25) is 0 Å². The number of hydrogen-bond donors (Lipinski definition) is 4. The number of carbonyl (C=O) groups is 2.